The lowest BCUT2D eigenvalue weighted by molar-refractivity contribution is -0.125. The van der Waals surface area contributed by atoms with Crippen LogP contribution in [0.15, 0.2) is 0 Å². The van der Waals surface area contributed by atoms with Gasteiger partial charge in [0.25, 0.3) is 0 Å². The van der Waals surface area contributed by atoms with Gasteiger partial charge in [-0.25, -0.2) is 0 Å². The molecule has 2 fully saturated rings. The Morgan fingerprint density at radius 2 is 1.67 bits per heavy atom. The Morgan fingerprint density at radius 1 is 1.07 bits per heavy atom. The number of nitrogens with two attached hydrogens (primary N) is 1. The van der Waals surface area contributed by atoms with E-state index in [0.717, 1.165) is 25.7 Å². The van der Waals surface area contributed by atoms with E-state index in [0.29, 0.717) is 18.1 Å². The van der Waals surface area contributed by atoms with Crippen molar-refractivity contribution in [1.82, 2.24) is 0 Å². The van der Waals surface area contributed by atoms with E-state index >= 15 is 0 Å². The average molecular weight is 209 g/mol. The molecule has 2 saturated carbocycles. The molecule has 0 aromatic carbocycles. The van der Waals surface area contributed by atoms with Crippen LogP contribution in [0.25, 0.3) is 0 Å². The highest BCUT2D eigenvalue weighted by molar-refractivity contribution is 5.82. The highest BCUT2D eigenvalue weighted by Crippen LogP contribution is 2.35. The molecule has 0 heterocycles. The van der Waals surface area contributed by atoms with E-state index in [1.807, 2.05) is 0 Å². The fraction of sp³-hybridized carbons (Fsp3) is 0.923. The third-order valence-corrected chi connectivity index (χ3v) is 4.19. The van der Waals surface area contributed by atoms with Crippen molar-refractivity contribution in [3.05, 3.63) is 0 Å². The lowest BCUT2D eigenvalue weighted by Gasteiger charge is -2.38. The first-order valence-corrected chi connectivity index (χ1v) is 6.51. The van der Waals surface area contributed by atoms with Gasteiger partial charge < -0.3 is 5.73 Å². The summed E-state index contributed by atoms with van der Waals surface area (Å²) in [4.78, 5) is 12.1. The third-order valence-electron chi connectivity index (χ3n) is 4.19. The summed E-state index contributed by atoms with van der Waals surface area (Å²) < 4.78 is 0. The minimum absolute atomic E-state index is 0.108. The van der Waals surface area contributed by atoms with Gasteiger partial charge in [-0.3, -0.25) is 4.79 Å². The van der Waals surface area contributed by atoms with Crippen LogP contribution in [-0.2, 0) is 4.79 Å². The number of hydrogen-bond acceptors (Lipinski definition) is 2. The molecule has 0 bridgehead atoms. The summed E-state index contributed by atoms with van der Waals surface area (Å²) in [5, 5.41) is 0. The van der Waals surface area contributed by atoms with Crippen LogP contribution < -0.4 is 5.73 Å². The summed E-state index contributed by atoms with van der Waals surface area (Å²) >= 11 is 0. The SMILES string of the molecule is NC1(CC(=O)C2CCCCCC2)CCC1. The number of carbonyl (C=O) groups is 1. The number of rotatable bonds is 3. The molecule has 0 unspecified atom stereocenters. The summed E-state index contributed by atoms with van der Waals surface area (Å²) in [6.45, 7) is 0. The summed E-state index contributed by atoms with van der Waals surface area (Å²) in [7, 11) is 0. The zero-order chi connectivity index (χ0) is 10.7. The monoisotopic (exact) mass is 209 g/mol. The van der Waals surface area contributed by atoms with Crippen LogP contribution in [0.2, 0.25) is 0 Å². The van der Waals surface area contributed by atoms with Gasteiger partial charge in [-0.2, -0.15) is 0 Å². The topological polar surface area (TPSA) is 43.1 Å². The highest BCUT2D eigenvalue weighted by atomic mass is 16.1. The summed E-state index contributed by atoms with van der Waals surface area (Å²) in [6.07, 6.45) is 11.4. The van der Waals surface area contributed by atoms with Crippen LogP contribution in [0.5, 0.6) is 0 Å². The minimum Gasteiger partial charge on any atom is -0.325 e. The van der Waals surface area contributed by atoms with Crippen molar-refractivity contribution in [2.24, 2.45) is 11.7 Å². The first-order valence-electron chi connectivity index (χ1n) is 6.51. The van der Waals surface area contributed by atoms with Gasteiger partial charge >= 0.3 is 0 Å². The summed E-state index contributed by atoms with van der Waals surface area (Å²) in [6, 6.07) is 0. The maximum atomic E-state index is 12.1. The molecular weight excluding hydrogens is 186 g/mol. The molecular formula is C13H23NO. The van der Waals surface area contributed by atoms with Crippen molar-refractivity contribution >= 4 is 5.78 Å². The van der Waals surface area contributed by atoms with E-state index in [2.05, 4.69) is 0 Å². The second kappa shape index (κ2) is 4.65. The highest BCUT2D eigenvalue weighted by Gasteiger charge is 2.36. The second-order valence-corrected chi connectivity index (χ2v) is 5.55. The molecule has 15 heavy (non-hydrogen) atoms. The largest absolute Gasteiger partial charge is 0.325 e. The van der Waals surface area contributed by atoms with Gasteiger partial charge in [0.2, 0.25) is 0 Å². The van der Waals surface area contributed by atoms with Crippen LogP contribution >= 0.6 is 0 Å². The third kappa shape index (κ3) is 2.81. The quantitative estimate of drug-likeness (QED) is 0.726. The van der Waals surface area contributed by atoms with Crippen molar-refractivity contribution < 1.29 is 4.79 Å². The van der Waals surface area contributed by atoms with E-state index in [1.165, 1.54) is 32.1 Å². The first kappa shape index (κ1) is 11.1. The summed E-state index contributed by atoms with van der Waals surface area (Å²) in [5.74, 6) is 0.799. The van der Waals surface area contributed by atoms with Gasteiger partial charge in [0.15, 0.2) is 0 Å². The van der Waals surface area contributed by atoms with Crippen LogP contribution in [0.4, 0.5) is 0 Å². The van der Waals surface area contributed by atoms with Crippen molar-refractivity contribution in [2.75, 3.05) is 0 Å². The van der Waals surface area contributed by atoms with Gasteiger partial charge in [-0.05, 0) is 32.1 Å². The molecule has 2 heteroatoms. The average Bonchev–Trinajstić information content (AvgIpc) is 2.43. The minimum atomic E-state index is -0.108. The predicted octanol–water partition coefficient (Wildman–Crippen LogP) is 2.80. The molecule has 0 saturated heterocycles. The van der Waals surface area contributed by atoms with Crippen molar-refractivity contribution in [2.45, 2.75) is 69.7 Å². The summed E-state index contributed by atoms with van der Waals surface area (Å²) in [5.41, 5.74) is 6.02. The van der Waals surface area contributed by atoms with E-state index in [9.17, 15) is 4.79 Å². The van der Waals surface area contributed by atoms with Gasteiger partial charge in [0, 0.05) is 17.9 Å². The van der Waals surface area contributed by atoms with E-state index in [4.69, 9.17) is 5.73 Å². The van der Waals surface area contributed by atoms with Crippen molar-refractivity contribution in [1.29, 1.82) is 0 Å². The molecule has 0 atom stereocenters. The Bertz CT molecular complexity index is 225. The Balaban J connectivity index is 1.83. The molecule has 0 radical (unpaired) electrons. The number of hydrogen-bond donors (Lipinski definition) is 1. The Kier molecular flexibility index (Phi) is 3.45. The molecule has 2 nitrogen and oxygen atoms in total. The maximum Gasteiger partial charge on any atom is 0.137 e. The van der Waals surface area contributed by atoms with Crippen molar-refractivity contribution in [3.8, 4) is 0 Å². The zero-order valence-electron chi connectivity index (χ0n) is 9.63. The first-order chi connectivity index (χ1) is 7.20. The number of ketones is 1. The van der Waals surface area contributed by atoms with Crippen LogP contribution in [-0.4, -0.2) is 11.3 Å². The van der Waals surface area contributed by atoms with Gasteiger partial charge in [0.05, 0.1) is 0 Å². The van der Waals surface area contributed by atoms with Crippen LogP contribution in [0.3, 0.4) is 0 Å². The Morgan fingerprint density at radius 3 is 2.13 bits per heavy atom. The number of Topliss-reactive ketones (excluding diaryl/α,β-unsaturated/α-hetero) is 1. The lowest BCUT2D eigenvalue weighted by Crippen LogP contribution is -2.48. The molecule has 2 rings (SSSR count). The maximum absolute atomic E-state index is 12.1. The fourth-order valence-electron chi connectivity index (χ4n) is 2.90. The van der Waals surface area contributed by atoms with Crippen molar-refractivity contribution in [3.63, 3.8) is 0 Å². The normalized spacial score (nSPS) is 26.7. The van der Waals surface area contributed by atoms with Crippen LogP contribution in [0, 0.1) is 5.92 Å². The zero-order valence-corrected chi connectivity index (χ0v) is 9.63. The second-order valence-electron chi connectivity index (χ2n) is 5.55. The molecule has 0 aliphatic heterocycles. The molecule has 2 N–H and O–H groups in total. The Hall–Kier alpha value is -0.370. The molecule has 0 spiro atoms. The lowest BCUT2D eigenvalue weighted by atomic mass is 9.72. The molecule has 2 aliphatic carbocycles. The van der Waals surface area contributed by atoms with Gasteiger partial charge in [0.1, 0.15) is 5.78 Å². The molecule has 0 aromatic heterocycles. The standard InChI is InChI=1S/C13H23NO/c14-13(8-5-9-13)10-12(15)11-6-3-1-2-4-7-11/h11H,1-10,14H2. The molecule has 2 aliphatic rings. The van der Waals surface area contributed by atoms with E-state index in [1.54, 1.807) is 0 Å². The smallest absolute Gasteiger partial charge is 0.137 e. The molecule has 0 amide bonds. The molecule has 86 valence electrons. The molecule has 0 aromatic rings. The van der Waals surface area contributed by atoms with Gasteiger partial charge in [-0.15, -0.1) is 0 Å². The van der Waals surface area contributed by atoms with E-state index < -0.39 is 0 Å². The predicted molar refractivity (Wildman–Crippen MR) is 61.6 cm³/mol. The fourth-order valence-corrected chi connectivity index (χ4v) is 2.90. The van der Waals surface area contributed by atoms with E-state index in [-0.39, 0.29) is 5.54 Å². The van der Waals surface area contributed by atoms with Gasteiger partial charge in [-0.1, -0.05) is 25.7 Å². The number of carbonyl (C=O) groups excluding carboxylic acids is 1. The Labute approximate surface area is 92.6 Å². The van der Waals surface area contributed by atoms with Crippen LogP contribution in [0.1, 0.15) is 64.2 Å².